The standard InChI is InChI=1S/C25H33N3O3/c1-3-11-25(29)26-17-10-16-24-27-20-12-4-5-13-21(20)28(24)18-8-9-19-31-23-15-7-6-14-22(23)30-2/h4-7,12-15H,3,8-11,16-19H2,1-2H3,(H,26,29). The third-order valence-electron chi connectivity index (χ3n) is 5.21. The maximum absolute atomic E-state index is 11.7. The molecule has 6 heteroatoms. The van der Waals surface area contributed by atoms with E-state index in [4.69, 9.17) is 14.5 Å². The number of aromatic nitrogens is 2. The van der Waals surface area contributed by atoms with Crippen LogP contribution in [0, 0.1) is 0 Å². The van der Waals surface area contributed by atoms with Crippen LogP contribution in [0.5, 0.6) is 11.5 Å². The first-order valence-electron chi connectivity index (χ1n) is 11.2. The molecule has 166 valence electrons. The summed E-state index contributed by atoms with van der Waals surface area (Å²) < 4.78 is 13.5. The van der Waals surface area contributed by atoms with E-state index in [0.29, 0.717) is 19.6 Å². The average molecular weight is 424 g/mol. The molecule has 0 unspecified atom stereocenters. The van der Waals surface area contributed by atoms with Crippen molar-refractivity contribution in [3.8, 4) is 11.5 Å². The summed E-state index contributed by atoms with van der Waals surface area (Å²) in [5.41, 5.74) is 2.19. The molecule has 1 amide bonds. The molecule has 0 bridgehead atoms. The van der Waals surface area contributed by atoms with Crippen LogP contribution in [0.15, 0.2) is 48.5 Å². The van der Waals surface area contributed by atoms with E-state index in [1.165, 1.54) is 0 Å². The minimum Gasteiger partial charge on any atom is -0.493 e. The van der Waals surface area contributed by atoms with E-state index in [9.17, 15) is 4.79 Å². The SMILES string of the molecule is CCCC(=O)NCCCc1nc2ccccc2n1CCCCOc1ccccc1OC. The normalized spacial score (nSPS) is 10.9. The number of carbonyl (C=O) groups is 1. The molecule has 0 spiro atoms. The van der Waals surface area contributed by atoms with E-state index in [1.807, 2.05) is 37.3 Å². The minimum absolute atomic E-state index is 0.131. The summed E-state index contributed by atoms with van der Waals surface area (Å²) in [7, 11) is 1.66. The van der Waals surface area contributed by atoms with Gasteiger partial charge in [-0.05, 0) is 49.9 Å². The largest absolute Gasteiger partial charge is 0.493 e. The second kappa shape index (κ2) is 12.0. The van der Waals surface area contributed by atoms with Crippen molar-refractivity contribution in [1.82, 2.24) is 14.9 Å². The van der Waals surface area contributed by atoms with E-state index in [2.05, 4.69) is 28.1 Å². The Morgan fingerprint density at radius 3 is 2.61 bits per heavy atom. The van der Waals surface area contributed by atoms with Crippen LogP contribution in [0.25, 0.3) is 11.0 Å². The average Bonchev–Trinajstić information content (AvgIpc) is 3.14. The Kier molecular flexibility index (Phi) is 8.76. The van der Waals surface area contributed by atoms with Crippen LogP contribution in [0.2, 0.25) is 0 Å². The van der Waals surface area contributed by atoms with Crippen molar-refractivity contribution in [2.75, 3.05) is 20.3 Å². The van der Waals surface area contributed by atoms with Crippen LogP contribution in [0.4, 0.5) is 0 Å². The Bertz CT molecular complexity index is 968. The number of hydrogen-bond acceptors (Lipinski definition) is 4. The number of carbonyl (C=O) groups excluding carboxylic acids is 1. The third-order valence-corrected chi connectivity index (χ3v) is 5.21. The van der Waals surface area contributed by atoms with E-state index < -0.39 is 0 Å². The Morgan fingerprint density at radius 1 is 1.03 bits per heavy atom. The molecule has 0 aliphatic rings. The first kappa shape index (κ1) is 22.7. The lowest BCUT2D eigenvalue weighted by Crippen LogP contribution is -2.24. The van der Waals surface area contributed by atoms with Crippen molar-refractivity contribution >= 4 is 16.9 Å². The Hall–Kier alpha value is -3.02. The fourth-order valence-electron chi connectivity index (χ4n) is 3.65. The first-order chi connectivity index (χ1) is 15.2. The lowest BCUT2D eigenvalue weighted by atomic mass is 10.2. The molecule has 0 aliphatic heterocycles. The fraction of sp³-hybridized carbons (Fsp3) is 0.440. The number of amides is 1. The van der Waals surface area contributed by atoms with E-state index in [0.717, 1.165) is 67.0 Å². The number of nitrogens with zero attached hydrogens (tertiary/aromatic N) is 2. The zero-order chi connectivity index (χ0) is 21.9. The van der Waals surface area contributed by atoms with Gasteiger partial charge in [0.25, 0.3) is 0 Å². The Balaban J connectivity index is 1.52. The van der Waals surface area contributed by atoms with Gasteiger partial charge < -0.3 is 19.4 Å². The lowest BCUT2D eigenvalue weighted by molar-refractivity contribution is -0.121. The fourth-order valence-corrected chi connectivity index (χ4v) is 3.65. The van der Waals surface area contributed by atoms with Crippen LogP contribution < -0.4 is 14.8 Å². The van der Waals surface area contributed by atoms with Crippen molar-refractivity contribution in [2.45, 2.75) is 52.0 Å². The van der Waals surface area contributed by atoms with Crippen LogP contribution in [0.3, 0.4) is 0 Å². The smallest absolute Gasteiger partial charge is 0.219 e. The molecule has 0 saturated carbocycles. The van der Waals surface area contributed by atoms with Gasteiger partial charge in [0.15, 0.2) is 11.5 Å². The number of ether oxygens (including phenoxy) is 2. The lowest BCUT2D eigenvalue weighted by Gasteiger charge is -2.12. The van der Waals surface area contributed by atoms with Gasteiger partial charge in [-0.1, -0.05) is 31.2 Å². The second-order valence-corrected chi connectivity index (χ2v) is 7.58. The van der Waals surface area contributed by atoms with Gasteiger partial charge in [0.05, 0.1) is 24.8 Å². The van der Waals surface area contributed by atoms with E-state index >= 15 is 0 Å². The minimum atomic E-state index is 0.131. The first-order valence-corrected chi connectivity index (χ1v) is 11.2. The molecular weight excluding hydrogens is 390 g/mol. The van der Waals surface area contributed by atoms with Crippen LogP contribution in [-0.4, -0.2) is 35.7 Å². The number of hydrogen-bond donors (Lipinski definition) is 1. The maximum atomic E-state index is 11.7. The number of imidazole rings is 1. The van der Waals surface area contributed by atoms with Gasteiger partial charge >= 0.3 is 0 Å². The third kappa shape index (κ3) is 6.48. The van der Waals surface area contributed by atoms with E-state index in [-0.39, 0.29) is 5.91 Å². The summed E-state index contributed by atoms with van der Waals surface area (Å²) in [6, 6.07) is 16.0. The highest BCUT2D eigenvalue weighted by Crippen LogP contribution is 2.26. The molecule has 0 saturated heterocycles. The molecule has 3 aromatic rings. The summed E-state index contributed by atoms with van der Waals surface area (Å²) in [5, 5.41) is 2.99. The Labute approximate surface area is 184 Å². The van der Waals surface area contributed by atoms with Gasteiger partial charge in [-0.25, -0.2) is 4.98 Å². The van der Waals surface area contributed by atoms with Crippen LogP contribution >= 0.6 is 0 Å². The van der Waals surface area contributed by atoms with Crippen molar-refractivity contribution in [3.05, 3.63) is 54.4 Å². The number of rotatable bonds is 13. The topological polar surface area (TPSA) is 65.4 Å². The quantitative estimate of drug-likeness (QED) is 0.403. The van der Waals surface area contributed by atoms with Crippen molar-refractivity contribution in [1.29, 1.82) is 0 Å². The van der Waals surface area contributed by atoms with Crippen molar-refractivity contribution in [2.24, 2.45) is 0 Å². The molecule has 0 atom stereocenters. The molecule has 1 aromatic heterocycles. The number of fused-ring (bicyclic) bond motifs is 1. The number of aryl methyl sites for hydroxylation is 2. The predicted molar refractivity (Wildman–Crippen MR) is 124 cm³/mol. The molecule has 0 fully saturated rings. The summed E-state index contributed by atoms with van der Waals surface area (Å²) in [4.78, 5) is 16.5. The van der Waals surface area contributed by atoms with Gasteiger partial charge in [-0.15, -0.1) is 0 Å². The number of methoxy groups -OCH3 is 1. The van der Waals surface area contributed by atoms with Gasteiger partial charge in [-0.2, -0.15) is 0 Å². The predicted octanol–water partition coefficient (Wildman–Crippen LogP) is 4.75. The highest BCUT2D eigenvalue weighted by Gasteiger charge is 2.10. The molecule has 3 rings (SSSR count). The van der Waals surface area contributed by atoms with Crippen molar-refractivity contribution in [3.63, 3.8) is 0 Å². The summed E-state index contributed by atoms with van der Waals surface area (Å²) in [5.74, 6) is 2.75. The van der Waals surface area contributed by atoms with Gasteiger partial charge in [-0.3, -0.25) is 4.79 Å². The molecule has 1 heterocycles. The number of nitrogens with one attached hydrogen (secondary N) is 1. The molecule has 6 nitrogen and oxygen atoms in total. The molecular formula is C25H33N3O3. The van der Waals surface area contributed by atoms with Gasteiger partial charge in [0.1, 0.15) is 5.82 Å². The Morgan fingerprint density at radius 2 is 1.81 bits per heavy atom. The van der Waals surface area contributed by atoms with Gasteiger partial charge in [0.2, 0.25) is 5.91 Å². The van der Waals surface area contributed by atoms with E-state index in [1.54, 1.807) is 7.11 Å². The monoisotopic (exact) mass is 423 g/mol. The molecule has 1 N–H and O–H groups in total. The highest BCUT2D eigenvalue weighted by atomic mass is 16.5. The molecule has 2 aromatic carbocycles. The van der Waals surface area contributed by atoms with Gasteiger partial charge in [0, 0.05) is 25.9 Å². The summed E-state index contributed by atoms with van der Waals surface area (Å²) >= 11 is 0. The van der Waals surface area contributed by atoms with Crippen LogP contribution in [0.1, 0.15) is 44.9 Å². The molecule has 31 heavy (non-hydrogen) atoms. The highest BCUT2D eigenvalue weighted by molar-refractivity contribution is 5.76. The number of para-hydroxylation sites is 4. The number of benzene rings is 2. The molecule has 0 aliphatic carbocycles. The zero-order valence-corrected chi connectivity index (χ0v) is 18.6. The zero-order valence-electron chi connectivity index (χ0n) is 18.6. The van der Waals surface area contributed by atoms with Crippen molar-refractivity contribution < 1.29 is 14.3 Å². The maximum Gasteiger partial charge on any atom is 0.219 e. The molecule has 0 radical (unpaired) electrons. The second-order valence-electron chi connectivity index (χ2n) is 7.58. The summed E-state index contributed by atoms with van der Waals surface area (Å²) in [6.45, 7) is 4.25. The summed E-state index contributed by atoms with van der Waals surface area (Å²) in [6.07, 6.45) is 5.14. The number of unbranched alkanes of at least 4 members (excludes halogenated alkanes) is 1. The van der Waals surface area contributed by atoms with Crippen LogP contribution in [-0.2, 0) is 17.8 Å².